The van der Waals surface area contributed by atoms with E-state index in [2.05, 4.69) is 9.17 Å². The quantitative estimate of drug-likeness (QED) is 0.402. The third-order valence-corrected chi connectivity index (χ3v) is 6.14. The van der Waals surface area contributed by atoms with Crippen LogP contribution in [0.1, 0.15) is 11.3 Å². The van der Waals surface area contributed by atoms with Gasteiger partial charge in [-0.05, 0) is 31.2 Å². The van der Waals surface area contributed by atoms with E-state index >= 15 is 0 Å². The van der Waals surface area contributed by atoms with Crippen LogP contribution in [0.5, 0.6) is 0 Å². The summed E-state index contributed by atoms with van der Waals surface area (Å²) in [7, 11) is -3.27. The van der Waals surface area contributed by atoms with E-state index in [9.17, 15) is 40.0 Å². The Kier molecular flexibility index (Phi) is 7.97. The fourth-order valence-electron chi connectivity index (χ4n) is 3.61. The molecule has 10 nitrogen and oxygen atoms in total. The summed E-state index contributed by atoms with van der Waals surface area (Å²) in [6.07, 6.45) is -4.81. The number of benzene rings is 1. The van der Waals surface area contributed by atoms with Crippen molar-refractivity contribution in [2.45, 2.75) is 19.1 Å². The average molecular weight is 572 g/mol. The van der Waals surface area contributed by atoms with Gasteiger partial charge in [-0.1, -0.05) is 11.6 Å². The van der Waals surface area contributed by atoms with Crippen LogP contribution in [0, 0.1) is 18.6 Å². The van der Waals surface area contributed by atoms with Gasteiger partial charge in [0.25, 0.3) is 5.91 Å². The number of pyridine rings is 1. The predicted molar refractivity (Wildman–Crippen MR) is 121 cm³/mol. The number of hydrogen-bond donors (Lipinski definition) is 1. The largest absolute Gasteiger partial charge is 0.416 e. The molecule has 0 bridgehead atoms. The first kappa shape index (κ1) is 28.5. The van der Waals surface area contributed by atoms with Gasteiger partial charge in [-0.3, -0.25) is 13.9 Å². The van der Waals surface area contributed by atoms with E-state index in [0.717, 1.165) is 35.0 Å². The SMILES string of the molecule is Cc1cc(C(F)(F)F)cc(N2C(=O)N(CCOS(N)(=O)=O)C[C@H]2C(=O)N(C)c2ccc(F)c(Cl)c2F)n1. The molecule has 1 aliphatic heterocycles. The lowest BCUT2D eigenvalue weighted by Crippen LogP contribution is -2.47. The molecule has 1 atom stereocenters. The molecule has 3 amide bonds. The summed E-state index contributed by atoms with van der Waals surface area (Å²) in [4.78, 5) is 32.8. The van der Waals surface area contributed by atoms with Gasteiger partial charge in [0, 0.05) is 19.3 Å². The van der Waals surface area contributed by atoms with Gasteiger partial charge >= 0.3 is 22.5 Å². The highest BCUT2D eigenvalue weighted by Gasteiger charge is 2.45. The van der Waals surface area contributed by atoms with E-state index in [-0.39, 0.29) is 5.69 Å². The molecule has 1 aliphatic rings. The minimum atomic E-state index is -4.81. The molecule has 1 fully saturated rings. The maximum Gasteiger partial charge on any atom is 0.416 e. The maximum absolute atomic E-state index is 14.6. The normalized spacial score (nSPS) is 16.5. The number of aromatic nitrogens is 1. The van der Waals surface area contributed by atoms with Crippen LogP contribution >= 0.6 is 11.6 Å². The summed E-state index contributed by atoms with van der Waals surface area (Å²) >= 11 is 5.58. The second-order valence-corrected chi connectivity index (χ2v) is 9.47. The van der Waals surface area contributed by atoms with E-state index in [1.165, 1.54) is 6.92 Å². The van der Waals surface area contributed by atoms with Crippen LogP contribution in [0.15, 0.2) is 24.3 Å². The number of likely N-dealkylation sites (N-methyl/N-ethyl adjacent to an activating group) is 1. The second kappa shape index (κ2) is 10.4. The molecule has 3 rings (SSSR count). The van der Waals surface area contributed by atoms with Gasteiger partial charge in [0.05, 0.1) is 24.4 Å². The summed E-state index contributed by atoms with van der Waals surface area (Å²) in [6, 6.07) is 0.460. The molecular formula is C20H19ClF5N5O5S. The number of carbonyl (C=O) groups is 2. The Labute approximate surface area is 212 Å². The number of alkyl halides is 3. The number of aryl methyl sites for hydroxylation is 1. The molecule has 0 unspecified atom stereocenters. The van der Waals surface area contributed by atoms with Crippen molar-refractivity contribution in [1.82, 2.24) is 9.88 Å². The van der Waals surface area contributed by atoms with Crippen LogP contribution < -0.4 is 14.9 Å². The van der Waals surface area contributed by atoms with E-state index in [4.69, 9.17) is 16.7 Å². The predicted octanol–water partition coefficient (Wildman–Crippen LogP) is 2.83. The number of carbonyl (C=O) groups excluding carboxylic acids is 2. The van der Waals surface area contributed by atoms with Crippen LogP contribution in [0.2, 0.25) is 5.02 Å². The van der Waals surface area contributed by atoms with Crippen LogP contribution in [-0.4, -0.2) is 63.0 Å². The number of amides is 3. The number of nitrogens with two attached hydrogens (primary N) is 1. The highest BCUT2D eigenvalue weighted by atomic mass is 35.5. The van der Waals surface area contributed by atoms with E-state index < -0.39 is 87.9 Å². The van der Waals surface area contributed by atoms with Gasteiger partial charge in [0.15, 0.2) is 5.82 Å². The monoisotopic (exact) mass is 571 g/mol. The van der Waals surface area contributed by atoms with Gasteiger partial charge in [-0.2, -0.15) is 21.6 Å². The lowest BCUT2D eigenvalue weighted by molar-refractivity contribution is -0.137. The maximum atomic E-state index is 14.6. The topological polar surface area (TPSA) is 126 Å². The molecular weight excluding hydrogens is 553 g/mol. The lowest BCUT2D eigenvalue weighted by atomic mass is 10.1. The highest BCUT2D eigenvalue weighted by molar-refractivity contribution is 7.84. The Balaban J connectivity index is 2.03. The van der Waals surface area contributed by atoms with Gasteiger partial charge in [-0.25, -0.2) is 23.7 Å². The van der Waals surface area contributed by atoms with Crippen molar-refractivity contribution in [1.29, 1.82) is 0 Å². The molecule has 1 aromatic carbocycles. The van der Waals surface area contributed by atoms with Crippen molar-refractivity contribution in [3.8, 4) is 0 Å². The molecule has 1 saturated heterocycles. The Hall–Kier alpha value is -3.08. The molecule has 0 spiro atoms. The molecule has 2 N–H and O–H groups in total. The summed E-state index contributed by atoms with van der Waals surface area (Å²) in [5.41, 5.74) is -1.73. The van der Waals surface area contributed by atoms with Crippen molar-refractivity contribution in [2.75, 3.05) is 36.5 Å². The van der Waals surface area contributed by atoms with Gasteiger partial charge < -0.3 is 9.80 Å². The fraction of sp³-hybridized carbons (Fsp3) is 0.350. The van der Waals surface area contributed by atoms with Crippen LogP contribution in [-0.2, 0) is 25.5 Å². The molecule has 0 saturated carbocycles. The molecule has 2 aromatic rings. The van der Waals surface area contributed by atoms with Crippen molar-refractivity contribution in [3.63, 3.8) is 0 Å². The summed E-state index contributed by atoms with van der Waals surface area (Å²) in [5, 5.41) is 3.85. The molecule has 17 heteroatoms. The van der Waals surface area contributed by atoms with Crippen molar-refractivity contribution in [2.24, 2.45) is 5.14 Å². The zero-order valence-corrected chi connectivity index (χ0v) is 20.7. The first-order valence-corrected chi connectivity index (χ1v) is 12.1. The second-order valence-electron chi connectivity index (χ2n) is 7.87. The number of rotatable bonds is 7. The van der Waals surface area contributed by atoms with E-state index in [0.29, 0.717) is 11.0 Å². The molecule has 202 valence electrons. The van der Waals surface area contributed by atoms with Gasteiger partial charge in [0.1, 0.15) is 22.7 Å². The number of nitrogens with zero attached hydrogens (tertiary/aromatic N) is 4. The summed E-state index contributed by atoms with van der Waals surface area (Å²) in [6.45, 7) is -0.264. The van der Waals surface area contributed by atoms with Crippen molar-refractivity contribution >= 4 is 45.3 Å². The third kappa shape index (κ3) is 6.26. The minimum Gasteiger partial charge on any atom is -0.319 e. The van der Waals surface area contributed by atoms with Crippen LogP contribution in [0.4, 0.5) is 38.3 Å². The zero-order chi connectivity index (χ0) is 27.9. The first-order chi connectivity index (χ1) is 17.0. The van der Waals surface area contributed by atoms with E-state index in [1.54, 1.807) is 0 Å². The van der Waals surface area contributed by atoms with E-state index in [1.807, 2.05) is 0 Å². The standard InChI is InChI=1S/C20H19ClF5N5O5S/c1-10-7-11(20(24,25)26)8-15(28-10)31-14(9-30(19(31)33)5-6-36-37(27,34)35)18(32)29(2)13-4-3-12(22)16(21)17(13)23/h3-4,7-8,14H,5-6,9H2,1-2H3,(H2,27,34,35)/t14-/m0/s1. The van der Waals surface area contributed by atoms with Crippen LogP contribution in [0.3, 0.4) is 0 Å². The van der Waals surface area contributed by atoms with Crippen molar-refractivity contribution in [3.05, 3.63) is 52.2 Å². The summed E-state index contributed by atoms with van der Waals surface area (Å²) < 4.78 is 94.9. The molecule has 0 radical (unpaired) electrons. The Morgan fingerprint density at radius 1 is 1.30 bits per heavy atom. The Morgan fingerprint density at radius 2 is 1.95 bits per heavy atom. The van der Waals surface area contributed by atoms with Crippen molar-refractivity contribution < 1.29 is 44.1 Å². The molecule has 0 aliphatic carbocycles. The molecule has 2 heterocycles. The highest BCUT2D eigenvalue weighted by Crippen LogP contribution is 2.34. The lowest BCUT2D eigenvalue weighted by Gasteiger charge is -2.27. The minimum absolute atomic E-state index is 0.121. The third-order valence-electron chi connectivity index (χ3n) is 5.30. The molecule has 1 aromatic heterocycles. The summed E-state index contributed by atoms with van der Waals surface area (Å²) in [5.74, 6) is -3.89. The number of hydrogen-bond acceptors (Lipinski definition) is 6. The Bertz CT molecular complexity index is 1340. The average Bonchev–Trinajstić information content (AvgIpc) is 3.11. The first-order valence-electron chi connectivity index (χ1n) is 10.2. The zero-order valence-electron chi connectivity index (χ0n) is 19.1. The molecule has 37 heavy (non-hydrogen) atoms. The van der Waals surface area contributed by atoms with Gasteiger partial charge in [-0.15, -0.1) is 0 Å². The number of anilines is 2. The number of urea groups is 1. The number of halogens is 6. The van der Waals surface area contributed by atoms with Gasteiger partial charge in [0.2, 0.25) is 0 Å². The van der Waals surface area contributed by atoms with Crippen LogP contribution in [0.25, 0.3) is 0 Å². The smallest absolute Gasteiger partial charge is 0.319 e. The Morgan fingerprint density at radius 3 is 2.54 bits per heavy atom. The fourth-order valence-corrected chi connectivity index (χ4v) is 4.07.